The molecule has 1 heterocycles. The molecule has 1 aromatic carbocycles. The monoisotopic (exact) mass is 332 g/mol. The number of rotatable bonds is 7. The SMILES string of the molecule is O=C1CCC(CNCC(O)COc2c(Cl)cccc2Cl)N1. The van der Waals surface area contributed by atoms with E-state index < -0.39 is 6.10 Å². The summed E-state index contributed by atoms with van der Waals surface area (Å²) < 4.78 is 5.45. The van der Waals surface area contributed by atoms with Gasteiger partial charge in [0.05, 0.1) is 10.0 Å². The van der Waals surface area contributed by atoms with E-state index in [4.69, 9.17) is 27.9 Å². The number of halogens is 2. The third-order valence-corrected chi connectivity index (χ3v) is 3.79. The Morgan fingerprint density at radius 3 is 2.76 bits per heavy atom. The summed E-state index contributed by atoms with van der Waals surface area (Å²) in [7, 11) is 0. The normalized spacial score (nSPS) is 19.4. The molecule has 1 aliphatic rings. The molecule has 0 bridgehead atoms. The van der Waals surface area contributed by atoms with E-state index in [1.165, 1.54) is 0 Å². The van der Waals surface area contributed by atoms with E-state index in [1.807, 2.05) is 0 Å². The molecule has 2 rings (SSSR count). The molecule has 2 atom stereocenters. The standard InChI is InChI=1S/C14H18Cl2N2O3/c15-11-2-1-3-12(16)14(11)21-8-10(19)7-17-6-9-4-5-13(20)18-9/h1-3,9-10,17,19H,4-8H2,(H,18,20). The van der Waals surface area contributed by atoms with Gasteiger partial charge in [0.15, 0.2) is 5.75 Å². The Balaban J connectivity index is 1.68. The lowest BCUT2D eigenvalue weighted by atomic mass is 10.2. The van der Waals surface area contributed by atoms with Crippen molar-refractivity contribution in [1.82, 2.24) is 10.6 Å². The average Bonchev–Trinajstić information content (AvgIpc) is 2.84. The molecule has 3 N–H and O–H groups in total. The van der Waals surface area contributed by atoms with Crippen LogP contribution in [0.3, 0.4) is 0 Å². The topological polar surface area (TPSA) is 70.6 Å². The fourth-order valence-corrected chi connectivity index (χ4v) is 2.62. The fraction of sp³-hybridized carbons (Fsp3) is 0.500. The van der Waals surface area contributed by atoms with Crippen LogP contribution in [0.4, 0.5) is 0 Å². The summed E-state index contributed by atoms with van der Waals surface area (Å²) in [6, 6.07) is 5.22. The second-order valence-corrected chi connectivity index (χ2v) is 5.79. The lowest BCUT2D eigenvalue weighted by Crippen LogP contribution is -2.40. The van der Waals surface area contributed by atoms with Crippen LogP contribution in [0.1, 0.15) is 12.8 Å². The zero-order chi connectivity index (χ0) is 15.2. The maximum absolute atomic E-state index is 11.0. The summed E-state index contributed by atoms with van der Waals surface area (Å²) in [6.45, 7) is 1.09. The highest BCUT2D eigenvalue weighted by atomic mass is 35.5. The van der Waals surface area contributed by atoms with Crippen LogP contribution in [-0.2, 0) is 4.79 Å². The van der Waals surface area contributed by atoms with Crippen LogP contribution in [0, 0.1) is 0 Å². The first-order valence-corrected chi connectivity index (χ1v) is 7.57. The number of carbonyl (C=O) groups is 1. The second-order valence-electron chi connectivity index (χ2n) is 4.98. The number of amides is 1. The fourth-order valence-electron chi connectivity index (χ4n) is 2.11. The zero-order valence-corrected chi connectivity index (χ0v) is 13.0. The van der Waals surface area contributed by atoms with E-state index >= 15 is 0 Å². The van der Waals surface area contributed by atoms with Gasteiger partial charge >= 0.3 is 0 Å². The predicted molar refractivity (Wildman–Crippen MR) is 82.0 cm³/mol. The molecule has 0 spiro atoms. The molecule has 116 valence electrons. The first-order valence-electron chi connectivity index (χ1n) is 6.81. The largest absolute Gasteiger partial charge is 0.488 e. The number of aliphatic hydroxyl groups is 1. The van der Waals surface area contributed by atoms with Crippen LogP contribution in [0.5, 0.6) is 5.75 Å². The van der Waals surface area contributed by atoms with Gasteiger partial charge in [0.25, 0.3) is 0 Å². The van der Waals surface area contributed by atoms with Crippen molar-refractivity contribution in [1.29, 1.82) is 0 Å². The van der Waals surface area contributed by atoms with E-state index in [-0.39, 0.29) is 18.6 Å². The molecule has 5 nitrogen and oxygen atoms in total. The van der Waals surface area contributed by atoms with Crippen LogP contribution >= 0.6 is 23.2 Å². The van der Waals surface area contributed by atoms with Gasteiger partial charge in [-0.15, -0.1) is 0 Å². The van der Waals surface area contributed by atoms with Crippen molar-refractivity contribution < 1.29 is 14.6 Å². The molecule has 1 amide bonds. The molecule has 2 unspecified atom stereocenters. The van der Waals surface area contributed by atoms with Gasteiger partial charge in [-0.25, -0.2) is 0 Å². The van der Waals surface area contributed by atoms with Crippen LogP contribution in [0.15, 0.2) is 18.2 Å². The summed E-state index contributed by atoms with van der Waals surface area (Å²) >= 11 is 11.9. The van der Waals surface area contributed by atoms with Crippen molar-refractivity contribution in [3.05, 3.63) is 28.2 Å². The van der Waals surface area contributed by atoms with E-state index in [0.717, 1.165) is 6.42 Å². The summed E-state index contributed by atoms with van der Waals surface area (Å²) in [5, 5.41) is 16.6. The van der Waals surface area contributed by atoms with Gasteiger partial charge in [0.2, 0.25) is 5.91 Å². The number of benzene rings is 1. The predicted octanol–water partition coefficient (Wildman–Crippen LogP) is 1.60. The van der Waals surface area contributed by atoms with Crippen LogP contribution in [0.25, 0.3) is 0 Å². The quantitative estimate of drug-likeness (QED) is 0.709. The number of hydrogen-bond donors (Lipinski definition) is 3. The minimum atomic E-state index is -0.686. The summed E-state index contributed by atoms with van der Waals surface area (Å²) in [5.74, 6) is 0.460. The Hall–Kier alpha value is -1.01. The highest BCUT2D eigenvalue weighted by Gasteiger charge is 2.20. The van der Waals surface area contributed by atoms with E-state index in [0.29, 0.717) is 35.3 Å². The van der Waals surface area contributed by atoms with Gasteiger partial charge in [-0.3, -0.25) is 4.79 Å². The minimum Gasteiger partial charge on any atom is -0.488 e. The number of hydrogen-bond acceptors (Lipinski definition) is 4. The molecule has 1 saturated heterocycles. The Morgan fingerprint density at radius 2 is 2.14 bits per heavy atom. The molecule has 7 heteroatoms. The molecule has 1 aliphatic heterocycles. The number of carbonyl (C=O) groups excluding carboxylic acids is 1. The zero-order valence-electron chi connectivity index (χ0n) is 11.4. The average molecular weight is 333 g/mol. The molecule has 0 saturated carbocycles. The minimum absolute atomic E-state index is 0.0824. The Labute approximate surface area is 133 Å². The van der Waals surface area contributed by atoms with Crippen LogP contribution in [0.2, 0.25) is 10.0 Å². The van der Waals surface area contributed by atoms with Crippen molar-refractivity contribution in [3.63, 3.8) is 0 Å². The molecule has 0 aliphatic carbocycles. The summed E-state index contributed by atoms with van der Waals surface area (Å²) in [6.07, 6.45) is 0.714. The molecule has 0 radical (unpaired) electrons. The first kappa shape index (κ1) is 16.4. The lowest BCUT2D eigenvalue weighted by Gasteiger charge is -2.16. The van der Waals surface area contributed by atoms with Crippen molar-refractivity contribution in [2.24, 2.45) is 0 Å². The third kappa shape index (κ3) is 5.04. The molecule has 1 fully saturated rings. The molecule has 1 aromatic rings. The third-order valence-electron chi connectivity index (χ3n) is 3.19. The van der Waals surface area contributed by atoms with Crippen molar-refractivity contribution in [3.8, 4) is 5.75 Å². The van der Waals surface area contributed by atoms with Gasteiger partial charge in [-0.05, 0) is 18.6 Å². The van der Waals surface area contributed by atoms with Crippen molar-refractivity contribution >= 4 is 29.1 Å². The summed E-state index contributed by atoms with van der Waals surface area (Å²) in [4.78, 5) is 11.0. The molecular formula is C14H18Cl2N2O3. The van der Waals surface area contributed by atoms with Gasteiger partial charge in [-0.1, -0.05) is 29.3 Å². The second kappa shape index (κ2) is 7.84. The Kier molecular flexibility index (Phi) is 6.11. The maximum Gasteiger partial charge on any atom is 0.220 e. The highest BCUT2D eigenvalue weighted by Crippen LogP contribution is 2.32. The number of aliphatic hydroxyl groups excluding tert-OH is 1. The van der Waals surface area contributed by atoms with Crippen molar-refractivity contribution in [2.75, 3.05) is 19.7 Å². The highest BCUT2D eigenvalue weighted by molar-refractivity contribution is 6.37. The van der Waals surface area contributed by atoms with Gasteiger partial charge in [-0.2, -0.15) is 0 Å². The number of nitrogens with one attached hydrogen (secondary N) is 2. The van der Waals surface area contributed by atoms with Gasteiger partial charge in [0, 0.05) is 25.6 Å². The molecule has 0 aromatic heterocycles. The van der Waals surface area contributed by atoms with E-state index in [2.05, 4.69) is 10.6 Å². The Bertz CT molecular complexity index is 479. The number of ether oxygens (including phenoxy) is 1. The Morgan fingerprint density at radius 1 is 1.43 bits per heavy atom. The lowest BCUT2D eigenvalue weighted by molar-refractivity contribution is -0.119. The first-order chi connectivity index (χ1) is 10.1. The van der Waals surface area contributed by atoms with Gasteiger partial charge < -0.3 is 20.5 Å². The van der Waals surface area contributed by atoms with Crippen LogP contribution in [-0.4, -0.2) is 42.9 Å². The smallest absolute Gasteiger partial charge is 0.220 e. The maximum atomic E-state index is 11.0. The van der Waals surface area contributed by atoms with Gasteiger partial charge in [0.1, 0.15) is 12.7 Å². The number of para-hydroxylation sites is 1. The molecule has 21 heavy (non-hydrogen) atoms. The summed E-state index contributed by atoms with van der Waals surface area (Å²) in [5.41, 5.74) is 0. The van der Waals surface area contributed by atoms with Crippen molar-refractivity contribution in [2.45, 2.75) is 25.0 Å². The van der Waals surface area contributed by atoms with Crippen LogP contribution < -0.4 is 15.4 Å². The van der Waals surface area contributed by atoms with E-state index in [1.54, 1.807) is 18.2 Å². The van der Waals surface area contributed by atoms with E-state index in [9.17, 15) is 9.90 Å². The molecular weight excluding hydrogens is 315 g/mol.